The Bertz CT molecular complexity index is 339. The van der Waals surface area contributed by atoms with Crippen LogP contribution in [0.25, 0.3) is 0 Å². The van der Waals surface area contributed by atoms with Crippen LogP contribution in [0, 0.1) is 0 Å². The lowest BCUT2D eigenvalue weighted by atomic mass is 10.2. The molecule has 0 N–H and O–H groups in total. The van der Waals surface area contributed by atoms with Gasteiger partial charge in [0.15, 0.2) is 5.01 Å². The SMILES string of the molecule is CCOC(=O)CC(Br)C(=O)c1nccs1. The molecule has 1 aromatic rings. The van der Waals surface area contributed by atoms with Crippen LogP contribution in [-0.4, -0.2) is 28.2 Å². The Labute approximate surface area is 99.8 Å². The van der Waals surface area contributed by atoms with Gasteiger partial charge in [0.05, 0.1) is 17.9 Å². The number of hydrogen-bond donors (Lipinski definition) is 0. The molecular weight excluding hydrogens is 282 g/mol. The molecule has 6 heteroatoms. The van der Waals surface area contributed by atoms with Crippen molar-refractivity contribution in [2.75, 3.05) is 6.61 Å². The second-order valence-corrected chi connectivity index (χ2v) is 4.68. The van der Waals surface area contributed by atoms with Crippen LogP contribution >= 0.6 is 27.3 Å². The number of esters is 1. The number of ether oxygens (including phenoxy) is 1. The molecule has 0 amide bonds. The van der Waals surface area contributed by atoms with E-state index in [-0.39, 0.29) is 18.2 Å². The van der Waals surface area contributed by atoms with Crippen molar-refractivity contribution in [1.29, 1.82) is 0 Å². The minimum absolute atomic E-state index is 0.0340. The zero-order valence-corrected chi connectivity index (χ0v) is 10.5. The molecule has 1 heterocycles. The molecule has 0 radical (unpaired) electrons. The maximum Gasteiger partial charge on any atom is 0.307 e. The molecule has 0 aliphatic carbocycles. The molecule has 0 bridgehead atoms. The fourth-order valence-electron chi connectivity index (χ4n) is 0.938. The normalized spacial score (nSPS) is 12.1. The molecule has 0 aromatic carbocycles. The Morgan fingerprint density at radius 3 is 2.93 bits per heavy atom. The van der Waals surface area contributed by atoms with Gasteiger partial charge >= 0.3 is 5.97 Å². The molecule has 82 valence electrons. The Morgan fingerprint density at radius 2 is 2.40 bits per heavy atom. The van der Waals surface area contributed by atoms with Gasteiger partial charge in [-0.3, -0.25) is 9.59 Å². The van der Waals surface area contributed by atoms with Crippen LogP contribution in [-0.2, 0) is 9.53 Å². The van der Waals surface area contributed by atoms with Gasteiger partial charge in [0.2, 0.25) is 5.78 Å². The van der Waals surface area contributed by atoms with Gasteiger partial charge in [-0.15, -0.1) is 11.3 Å². The van der Waals surface area contributed by atoms with E-state index in [0.29, 0.717) is 11.6 Å². The number of alkyl halides is 1. The standard InChI is InChI=1S/C9H10BrNO3S/c1-2-14-7(12)5-6(10)8(13)9-11-3-4-15-9/h3-4,6H,2,5H2,1H3. The molecule has 15 heavy (non-hydrogen) atoms. The van der Waals surface area contributed by atoms with Gasteiger partial charge < -0.3 is 4.74 Å². The summed E-state index contributed by atoms with van der Waals surface area (Å²) >= 11 is 4.41. The topological polar surface area (TPSA) is 56.3 Å². The van der Waals surface area contributed by atoms with E-state index in [0.717, 1.165) is 0 Å². The average Bonchev–Trinajstić information content (AvgIpc) is 2.69. The minimum atomic E-state index is -0.553. The van der Waals surface area contributed by atoms with Crippen molar-refractivity contribution in [3.05, 3.63) is 16.6 Å². The van der Waals surface area contributed by atoms with Gasteiger partial charge in [0.1, 0.15) is 0 Å². The summed E-state index contributed by atoms with van der Waals surface area (Å²) in [6.45, 7) is 2.05. The molecule has 0 saturated heterocycles. The van der Waals surface area contributed by atoms with E-state index in [4.69, 9.17) is 4.74 Å². The smallest absolute Gasteiger partial charge is 0.307 e. The van der Waals surface area contributed by atoms with Crippen LogP contribution in [0.3, 0.4) is 0 Å². The lowest BCUT2D eigenvalue weighted by Crippen LogP contribution is -2.19. The number of ketones is 1. The Hall–Kier alpha value is -0.750. The van der Waals surface area contributed by atoms with E-state index in [1.807, 2.05) is 0 Å². The first-order valence-corrected chi connectivity index (χ1v) is 6.18. The molecule has 1 rings (SSSR count). The van der Waals surface area contributed by atoms with Gasteiger partial charge in [-0.2, -0.15) is 0 Å². The molecule has 0 aliphatic rings. The number of rotatable bonds is 5. The van der Waals surface area contributed by atoms with Gasteiger partial charge in [0, 0.05) is 11.6 Å². The maximum atomic E-state index is 11.6. The van der Waals surface area contributed by atoms with Crippen molar-refractivity contribution in [1.82, 2.24) is 4.98 Å². The number of carbonyl (C=O) groups is 2. The second-order valence-electron chi connectivity index (χ2n) is 2.68. The van der Waals surface area contributed by atoms with Crippen molar-refractivity contribution in [3.8, 4) is 0 Å². The highest BCUT2D eigenvalue weighted by Gasteiger charge is 2.22. The second kappa shape index (κ2) is 5.97. The molecule has 4 nitrogen and oxygen atoms in total. The predicted molar refractivity (Wildman–Crippen MR) is 60.4 cm³/mol. The molecule has 0 saturated carbocycles. The first kappa shape index (κ1) is 12.3. The number of hydrogen-bond acceptors (Lipinski definition) is 5. The number of Topliss-reactive ketones (excluding diaryl/α,β-unsaturated/α-hetero) is 1. The Kier molecular flexibility index (Phi) is 4.90. The number of nitrogens with zero attached hydrogens (tertiary/aromatic N) is 1. The summed E-state index contributed by atoms with van der Waals surface area (Å²) in [4.78, 5) is 26.1. The molecule has 0 aliphatic heterocycles. The zero-order chi connectivity index (χ0) is 11.3. The summed E-state index contributed by atoms with van der Waals surface area (Å²) in [6.07, 6.45) is 1.59. The highest BCUT2D eigenvalue weighted by atomic mass is 79.9. The predicted octanol–water partition coefficient (Wildman–Crippen LogP) is 2.04. The summed E-state index contributed by atoms with van der Waals surface area (Å²) < 4.78 is 4.74. The van der Waals surface area contributed by atoms with Crippen LogP contribution in [0.4, 0.5) is 0 Å². The van der Waals surface area contributed by atoms with Gasteiger partial charge in [-0.1, -0.05) is 15.9 Å². The summed E-state index contributed by atoms with van der Waals surface area (Å²) in [6, 6.07) is 0. The van der Waals surface area contributed by atoms with Crippen molar-refractivity contribution >= 4 is 39.0 Å². The van der Waals surface area contributed by atoms with Gasteiger partial charge in [-0.05, 0) is 6.92 Å². The highest BCUT2D eigenvalue weighted by molar-refractivity contribution is 9.10. The van der Waals surface area contributed by atoms with Crippen molar-refractivity contribution in [3.63, 3.8) is 0 Å². The summed E-state index contributed by atoms with van der Waals surface area (Å²) in [7, 11) is 0. The summed E-state index contributed by atoms with van der Waals surface area (Å²) in [5, 5.41) is 2.12. The van der Waals surface area contributed by atoms with E-state index in [1.165, 1.54) is 11.3 Å². The largest absolute Gasteiger partial charge is 0.466 e. The van der Waals surface area contributed by atoms with Gasteiger partial charge in [-0.25, -0.2) is 4.98 Å². The van der Waals surface area contributed by atoms with Crippen LogP contribution in [0.1, 0.15) is 23.1 Å². The highest BCUT2D eigenvalue weighted by Crippen LogP contribution is 2.15. The molecule has 0 fully saturated rings. The maximum absolute atomic E-state index is 11.6. The Balaban J connectivity index is 2.51. The number of thiazole rings is 1. The summed E-state index contributed by atoms with van der Waals surface area (Å²) in [5.74, 6) is -0.567. The van der Waals surface area contributed by atoms with Crippen LogP contribution < -0.4 is 0 Å². The van der Waals surface area contributed by atoms with Crippen molar-refractivity contribution in [2.24, 2.45) is 0 Å². The third-order valence-electron chi connectivity index (χ3n) is 1.58. The van der Waals surface area contributed by atoms with Crippen LogP contribution in [0.15, 0.2) is 11.6 Å². The molecule has 1 aromatic heterocycles. The number of halogens is 1. The van der Waals surface area contributed by atoms with Crippen LogP contribution in [0.2, 0.25) is 0 Å². The van der Waals surface area contributed by atoms with E-state index in [1.54, 1.807) is 18.5 Å². The zero-order valence-electron chi connectivity index (χ0n) is 8.10. The van der Waals surface area contributed by atoms with Crippen molar-refractivity contribution < 1.29 is 14.3 Å². The molecule has 1 atom stereocenters. The van der Waals surface area contributed by atoms with E-state index < -0.39 is 4.83 Å². The average molecular weight is 292 g/mol. The van der Waals surface area contributed by atoms with Gasteiger partial charge in [0.25, 0.3) is 0 Å². The van der Waals surface area contributed by atoms with E-state index >= 15 is 0 Å². The summed E-state index contributed by atoms with van der Waals surface area (Å²) in [5.41, 5.74) is 0. The fourth-order valence-corrected chi connectivity index (χ4v) is 2.20. The van der Waals surface area contributed by atoms with E-state index in [9.17, 15) is 9.59 Å². The quantitative estimate of drug-likeness (QED) is 0.473. The molecular formula is C9H10BrNO3S. The molecule has 1 unspecified atom stereocenters. The number of carbonyl (C=O) groups excluding carboxylic acids is 2. The lowest BCUT2D eigenvalue weighted by molar-refractivity contribution is -0.142. The molecule has 0 spiro atoms. The van der Waals surface area contributed by atoms with Crippen LogP contribution in [0.5, 0.6) is 0 Å². The van der Waals surface area contributed by atoms with E-state index in [2.05, 4.69) is 20.9 Å². The Morgan fingerprint density at radius 1 is 1.67 bits per heavy atom. The first-order chi connectivity index (χ1) is 7.15. The van der Waals surface area contributed by atoms with Crippen molar-refractivity contribution in [2.45, 2.75) is 18.2 Å². The first-order valence-electron chi connectivity index (χ1n) is 4.38. The minimum Gasteiger partial charge on any atom is -0.466 e. The fraction of sp³-hybridized carbons (Fsp3) is 0.444. The monoisotopic (exact) mass is 291 g/mol. The lowest BCUT2D eigenvalue weighted by Gasteiger charge is -2.05. The number of aromatic nitrogens is 1. The third-order valence-corrected chi connectivity index (χ3v) is 3.11. The third kappa shape index (κ3) is 3.71.